The molecule has 0 spiro atoms. The highest BCUT2D eigenvalue weighted by molar-refractivity contribution is 5.91. The van der Waals surface area contributed by atoms with Crippen LogP contribution >= 0.6 is 0 Å². The number of aliphatic hydroxyl groups excluding tert-OH is 1. The average Bonchev–Trinajstić information content (AvgIpc) is 2.90. The Kier molecular flexibility index (Phi) is 3.98. The normalized spacial score (nSPS) is 10.1. The predicted molar refractivity (Wildman–Crippen MR) is 70.3 cm³/mol. The fourth-order valence-electron chi connectivity index (χ4n) is 1.58. The number of aromatic amines is 1. The van der Waals surface area contributed by atoms with E-state index in [4.69, 9.17) is 5.11 Å². The highest BCUT2D eigenvalue weighted by atomic mass is 16.3. The highest BCUT2D eigenvalue weighted by Gasteiger charge is 2.00. The van der Waals surface area contributed by atoms with Gasteiger partial charge in [0.2, 0.25) is 5.91 Å². The molecular weight excluding hydrogens is 230 g/mol. The third-order valence-electron chi connectivity index (χ3n) is 2.45. The molecule has 0 saturated carbocycles. The quantitative estimate of drug-likeness (QED) is 0.645. The zero-order valence-corrected chi connectivity index (χ0v) is 9.81. The molecule has 0 radical (unpaired) electrons. The lowest BCUT2D eigenvalue weighted by Crippen LogP contribution is -2.15. The van der Waals surface area contributed by atoms with Crippen molar-refractivity contribution in [2.45, 2.75) is 6.54 Å². The van der Waals surface area contributed by atoms with Crippen molar-refractivity contribution in [3.05, 3.63) is 48.3 Å². The maximum Gasteiger partial charge on any atom is 0.250 e. The Labute approximate surface area is 105 Å². The number of nitrogens with one attached hydrogen (secondary N) is 3. The zero-order valence-electron chi connectivity index (χ0n) is 9.81. The molecule has 5 heteroatoms. The predicted octanol–water partition coefficient (Wildman–Crippen LogP) is 1.56. The fraction of sp³-hybridized carbons (Fsp3) is 0.154. The first-order chi connectivity index (χ1) is 8.78. The minimum Gasteiger partial charge on any atom is -0.387 e. The van der Waals surface area contributed by atoms with Gasteiger partial charge in [0.1, 0.15) is 6.61 Å². The maximum absolute atomic E-state index is 11.1. The molecule has 0 unspecified atom stereocenters. The third-order valence-corrected chi connectivity index (χ3v) is 2.45. The summed E-state index contributed by atoms with van der Waals surface area (Å²) in [5.74, 6) is -0.419. The van der Waals surface area contributed by atoms with Gasteiger partial charge in [0.15, 0.2) is 0 Å². The number of amides is 1. The van der Waals surface area contributed by atoms with Crippen LogP contribution in [0.5, 0.6) is 0 Å². The summed E-state index contributed by atoms with van der Waals surface area (Å²) < 4.78 is 0. The van der Waals surface area contributed by atoms with E-state index < -0.39 is 12.5 Å². The summed E-state index contributed by atoms with van der Waals surface area (Å²) in [4.78, 5) is 14.0. The van der Waals surface area contributed by atoms with Crippen molar-refractivity contribution in [1.82, 2.24) is 4.98 Å². The van der Waals surface area contributed by atoms with E-state index in [0.717, 1.165) is 11.3 Å². The molecule has 94 valence electrons. The molecule has 1 amide bonds. The second kappa shape index (κ2) is 5.88. The molecule has 18 heavy (non-hydrogen) atoms. The Morgan fingerprint density at radius 3 is 2.83 bits per heavy atom. The minimum atomic E-state index is -0.513. The molecule has 0 saturated heterocycles. The smallest absolute Gasteiger partial charge is 0.250 e. The van der Waals surface area contributed by atoms with Crippen molar-refractivity contribution in [2.24, 2.45) is 0 Å². The molecule has 1 aromatic carbocycles. The molecule has 1 heterocycles. The number of aliphatic hydroxyl groups is 1. The van der Waals surface area contributed by atoms with Gasteiger partial charge in [0, 0.05) is 30.3 Å². The highest BCUT2D eigenvalue weighted by Crippen LogP contribution is 2.15. The van der Waals surface area contributed by atoms with Gasteiger partial charge >= 0.3 is 0 Å². The molecular formula is C13H15N3O2. The number of carbonyl (C=O) groups excluding carboxylic acids is 1. The number of aromatic nitrogens is 1. The average molecular weight is 245 g/mol. The molecule has 2 aromatic rings. The van der Waals surface area contributed by atoms with Gasteiger partial charge < -0.3 is 20.7 Å². The van der Waals surface area contributed by atoms with Gasteiger partial charge in [-0.1, -0.05) is 6.07 Å². The lowest BCUT2D eigenvalue weighted by atomic mass is 10.2. The summed E-state index contributed by atoms with van der Waals surface area (Å²) in [5, 5.41) is 14.5. The van der Waals surface area contributed by atoms with E-state index in [1.807, 2.05) is 36.7 Å². The van der Waals surface area contributed by atoms with Gasteiger partial charge in [0.05, 0.1) is 0 Å². The lowest BCUT2D eigenvalue weighted by molar-refractivity contribution is -0.118. The number of rotatable bonds is 5. The van der Waals surface area contributed by atoms with Crippen molar-refractivity contribution in [1.29, 1.82) is 0 Å². The molecule has 0 fully saturated rings. The van der Waals surface area contributed by atoms with Crippen molar-refractivity contribution < 1.29 is 9.90 Å². The van der Waals surface area contributed by atoms with Crippen molar-refractivity contribution in [2.75, 3.05) is 17.2 Å². The number of hydrogen-bond acceptors (Lipinski definition) is 3. The van der Waals surface area contributed by atoms with Crippen LogP contribution in [0.25, 0.3) is 0 Å². The summed E-state index contributed by atoms with van der Waals surface area (Å²) in [6, 6.07) is 9.34. The molecule has 0 atom stereocenters. The first-order valence-electron chi connectivity index (χ1n) is 5.64. The van der Waals surface area contributed by atoms with Crippen LogP contribution in [0.3, 0.4) is 0 Å². The Bertz CT molecular complexity index is 509. The summed E-state index contributed by atoms with van der Waals surface area (Å²) in [7, 11) is 0. The fourth-order valence-corrected chi connectivity index (χ4v) is 1.58. The van der Waals surface area contributed by atoms with E-state index in [1.54, 1.807) is 6.07 Å². The molecule has 1 aromatic heterocycles. The molecule has 0 aliphatic heterocycles. The molecule has 2 rings (SSSR count). The van der Waals surface area contributed by atoms with E-state index in [-0.39, 0.29) is 0 Å². The molecule has 0 bridgehead atoms. The Hall–Kier alpha value is -2.27. The van der Waals surface area contributed by atoms with Crippen molar-refractivity contribution >= 4 is 17.3 Å². The summed E-state index contributed by atoms with van der Waals surface area (Å²) >= 11 is 0. The molecule has 5 nitrogen and oxygen atoms in total. The van der Waals surface area contributed by atoms with E-state index in [2.05, 4.69) is 15.6 Å². The van der Waals surface area contributed by atoms with Crippen LogP contribution in [0, 0.1) is 0 Å². The standard InChI is InChI=1S/C13H15N3O2/c17-9-13(18)16-12-3-1-2-11(6-12)15-8-10-4-5-14-7-10/h1-7,14-15,17H,8-9H2,(H,16,18). The van der Waals surface area contributed by atoms with E-state index in [1.165, 1.54) is 0 Å². The first-order valence-corrected chi connectivity index (χ1v) is 5.64. The van der Waals surface area contributed by atoms with Crippen LogP contribution < -0.4 is 10.6 Å². The Morgan fingerprint density at radius 1 is 1.28 bits per heavy atom. The number of carbonyl (C=O) groups is 1. The van der Waals surface area contributed by atoms with Gasteiger partial charge in [-0.2, -0.15) is 0 Å². The molecule has 4 N–H and O–H groups in total. The summed E-state index contributed by atoms with van der Waals surface area (Å²) in [6.07, 6.45) is 3.79. The summed E-state index contributed by atoms with van der Waals surface area (Å²) in [5.41, 5.74) is 2.72. The second-order valence-corrected chi connectivity index (χ2v) is 3.86. The maximum atomic E-state index is 11.1. The van der Waals surface area contributed by atoms with E-state index >= 15 is 0 Å². The molecule has 0 aliphatic carbocycles. The largest absolute Gasteiger partial charge is 0.387 e. The molecule has 0 aliphatic rings. The number of hydrogen-bond donors (Lipinski definition) is 4. The van der Waals surface area contributed by atoms with E-state index in [9.17, 15) is 4.79 Å². The monoisotopic (exact) mass is 245 g/mol. The lowest BCUT2D eigenvalue weighted by Gasteiger charge is -2.08. The van der Waals surface area contributed by atoms with Gasteiger partial charge in [-0.15, -0.1) is 0 Å². The summed E-state index contributed by atoms with van der Waals surface area (Å²) in [6.45, 7) is 0.196. The van der Waals surface area contributed by atoms with Crippen LogP contribution in [0.1, 0.15) is 5.56 Å². The minimum absolute atomic E-state index is 0.419. The first kappa shape index (κ1) is 12.2. The Balaban J connectivity index is 1.96. The topological polar surface area (TPSA) is 77.2 Å². The number of anilines is 2. The van der Waals surface area contributed by atoms with Crippen LogP contribution in [0.15, 0.2) is 42.7 Å². The van der Waals surface area contributed by atoms with Crippen LogP contribution in [-0.2, 0) is 11.3 Å². The van der Waals surface area contributed by atoms with Crippen LogP contribution in [-0.4, -0.2) is 22.6 Å². The van der Waals surface area contributed by atoms with Gasteiger partial charge in [0.25, 0.3) is 0 Å². The third kappa shape index (κ3) is 3.36. The van der Waals surface area contributed by atoms with Gasteiger partial charge in [-0.25, -0.2) is 0 Å². The second-order valence-electron chi connectivity index (χ2n) is 3.86. The van der Waals surface area contributed by atoms with Crippen molar-refractivity contribution in [3.63, 3.8) is 0 Å². The van der Waals surface area contributed by atoms with Gasteiger partial charge in [-0.05, 0) is 29.8 Å². The number of H-pyrrole nitrogens is 1. The SMILES string of the molecule is O=C(CO)Nc1cccc(NCc2cc[nH]c2)c1. The zero-order chi connectivity index (χ0) is 12.8. The number of benzene rings is 1. The van der Waals surface area contributed by atoms with Crippen molar-refractivity contribution in [3.8, 4) is 0 Å². The van der Waals surface area contributed by atoms with Crippen LogP contribution in [0.2, 0.25) is 0 Å². The van der Waals surface area contributed by atoms with Crippen LogP contribution in [0.4, 0.5) is 11.4 Å². The van der Waals surface area contributed by atoms with Gasteiger partial charge in [-0.3, -0.25) is 4.79 Å². The van der Waals surface area contributed by atoms with E-state index in [0.29, 0.717) is 12.2 Å². The Morgan fingerprint density at radius 2 is 2.11 bits per heavy atom.